The molecule has 4 heteroatoms. The summed E-state index contributed by atoms with van der Waals surface area (Å²) in [6.07, 6.45) is 1.78. The van der Waals surface area contributed by atoms with E-state index in [1.807, 2.05) is 0 Å². The standard InChI is InChI=1S/C14H18N4/c1-7(2)9-11-13(17-5-15-11)10(8(3)4)14-12(9)16-6-18-14/h5,7-8H,6H2,1-4H3,(H,15,17). The molecule has 4 nitrogen and oxygen atoms in total. The summed E-state index contributed by atoms with van der Waals surface area (Å²) in [7, 11) is 0. The van der Waals surface area contributed by atoms with Gasteiger partial charge in [0.2, 0.25) is 0 Å². The van der Waals surface area contributed by atoms with Gasteiger partial charge in [-0.2, -0.15) is 0 Å². The Labute approximate surface area is 106 Å². The summed E-state index contributed by atoms with van der Waals surface area (Å²) in [5.41, 5.74) is 4.68. The maximum Gasteiger partial charge on any atom is 0.130 e. The van der Waals surface area contributed by atoms with Crippen LogP contribution in [0.4, 0.5) is 0 Å². The zero-order chi connectivity index (χ0) is 12.9. The van der Waals surface area contributed by atoms with E-state index in [4.69, 9.17) is 0 Å². The summed E-state index contributed by atoms with van der Waals surface area (Å²) in [4.78, 5) is 16.9. The second-order valence-electron chi connectivity index (χ2n) is 5.42. The molecule has 0 saturated heterocycles. The molecule has 0 saturated carbocycles. The highest BCUT2D eigenvalue weighted by atomic mass is 15.0. The van der Waals surface area contributed by atoms with Gasteiger partial charge in [-0.3, -0.25) is 9.98 Å². The van der Waals surface area contributed by atoms with Crippen molar-refractivity contribution in [2.45, 2.75) is 39.5 Å². The van der Waals surface area contributed by atoms with Crippen molar-refractivity contribution >= 4 is 11.0 Å². The molecule has 0 unspecified atom stereocenters. The Morgan fingerprint density at radius 3 is 2.22 bits per heavy atom. The lowest BCUT2D eigenvalue weighted by Crippen LogP contribution is -2.32. The Morgan fingerprint density at radius 2 is 1.61 bits per heavy atom. The number of nitrogens with zero attached hydrogens (tertiary/aromatic N) is 3. The third kappa shape index (κ3) is 1.41. The predicted octanol–water partition coefficient (Wildman–Crippen LogP) is 2.02. The van der Waals surface area contributed by atoms with Crippen LogP contribution in [0.1, 0.15) is 50.7 Å². The summed E-state index contributed by atoms with van der Waals surface area (Å²) in [6, 6.07) is 0. The van der Waals surface area contributed by atoms with E-state index in [1.54, 1.807) is 6.33 Å². The van der Waals surface area contributed by atoms with Crippen molar-refractivity contribution in [3.05, 3.63) is 28.2 Å². The van der Waals surface area contributed by atoms with Gasteiger partial charge in [0.25, 0.3) is 0 Å². The van der Waals surface area contributed by atoms with Crippen molar-refractivity contribution in [1.82, 2.24) is 9.97 Å². The third-order valence-corrected chi connectivity index (χ3v) is 3.51. The van der Waals surface area contributed by atoms with Gasteiger partial charge in [0, 0.05) is 11.1 Å². The molecule has 0 aliphatic carbocycles. The molecule has 0 radical (unpaired) electrons. The number of hydrogen-bond donors (Lipinski definition) is 1. The maximum atomic E-state index is 4.58. The smallest absolute Gasteiger partial charge is 0.130 e. The highest BCUT2D eigenvalue weighted by Crippen LogP contribution is 2.24. The minimum absolute atomic E-state index is 0.405. The number of benzene rings is 1. The molecule has 0 spiro atoms. The number of aromatic amines is 1. The molecule has 0 bridgehead atoms. The van der Waals surface area contributed by atoms with E-state index < -0.39 is 0 Å². The average molecular weight is 242 g/mol. The molecule has 94 valence electrons. The van der Waals surface area contributed by atoms with E-state index in [9.17, 15) is 0 Å². The first-order chi connectivity index (χ1) is 8.61. The molecule has 1 aromatic heterocycles. The van der Waals surface area contributed by atoms with E-state index in [0.29, 0.717) is 18.5 Å². The lowest BCUT2D eigenvalue weighted by atomic mass is 9.93. The van der Waals surface area contributed by atoms with Crippen LogP contribution in [0.3, 0.4) is 0 Å². The van der Waals surface area contributed by atoms with Gasteiger partial charge in [0.05, 0.1) is 28.1 Å². The second kappa shape index (κ2) is 3.90. The van der Waals surface area contributed by atoms with Gasteiger partial charge in [-0.1, -0.05) is 27.7 Å². The Kier molecular flexibility index (Phi) is 2.47. The molecule has 1 aliphatic heterocycles. The Balaban J connectivity index is 2.58. The normalized spacial score (nSPS) is 14.1. The van der Waals surface area contributed by atoms with Crippen molar-refractivity contribution in [1.29, 1.82) is 0 Å². The first-order valence-electron chi connectivity index (χ1n) is 6.49. The van der Waals surface area contributed by atoms with E-state index in [-0.39, 0.29) is 0 Å². The summed E-state index contributed by atoms with van der Waals surface area (Å²) >= 11 is 0. The Morgan fingerprint density at radius 1 is 1.00 bits per heavy atom. The number of fused-ring (bicyclic) bond motifs is 2. The van der Waals surface area contributed by atoms with Crippen LogP contribution in [0.25, 0.3) is 11.0 Å². The Bertz CT molecular complexity index is 662. The van der Waals surface area contributed by atoms with Crippen LogP contribution in [-0.2, 0) is 0 Å². The largest absolute Gasteiger partial charge is 0.344 e. The fourth-order valence-electron chi connectivity index (χ4n) is 2.80. The number of H-pyrrole nitrogens is 1. The van der Waals surface area contributed by atoms with Crippen molar-refractivity contribution < 1.29 is 0 Å². The van der Waals surface area contributed by atoms with Crippen LogP contribution in [0.5, 0.6) is 0 Å². The minimum Gasteiger partial charge on any atom is -0.344 e. The van der Waals surface area contributed by atoms with Crippen molar-refractivity contribution in [2.24, 2.45) is 9.98 Å². The maximum absolute atomic E-state index is 4.58. The van der Waals surface area contributed by atoms with E-state index in [0.717, 1.165) is 21.7 Å². The van der Waals surface area contributed by atoms with Gasteiger partial charge < -0.3 is 4.98 Å². The molecule has 1 aromatic carbocycles. The van der Waals surface area contributed by atoms with Gasteiger partial charge in [-0.25, -0.2) is 4.98 Å². The zero-order valence-corrected chi connectivity index (χ0v) is 11.3. The fourth-order valence-corrected chi connectivity index (χ4v) is 2.80. The topological polar surface area (TPSA) is 53.4 Å². The molecule has 2 heterocycles. The zero-order valence-electron chi connectivity index (χ0n) is 11.3. The summed E-state index contributed by atoms with van der Waals surface area (Å²) in [5.74, 6) is 0.822. The lowest BCUT2D eigenvalue weighted by molar-refractivity contribution is 0.833. The van der Waals surface area contributed by atoms with Gasteiger partial charge >= 0.3 is 0 Å². The lowest BCUT2D eigenvalue weighted by Gasteiger charge is -2.12. The number of hydrogen-bond acceptors (Lipinski definition) is 3. The first kappa shape index (κ1) is 11.4. The van der Waals surface area contributed by atoms with Crippen LogP contribution in [0.15, 0.2) is 16.3 Å². The van der Waals surface area contributed by atoms with E-state index in [2.05, 4.69) is 47.6 Å². The number of imidazole rings is 1. The molecule has 3 rings (SSSR count). The van der Waals surface area contributed by atoms with Crippen molar-refractivity contribution in [3.63, 3.8) is 0 Å². The van der Waals surface area contributed by atoms with E-state index >= 15 is 0 Å². The van der Waals surface area contributed by atoms with Crippen molar-refractivity contribution in [3.8, 4) is 0 Å². The van der Waals surface area contributed by atoms with Crippen molar-refractivity contribution in [2.75, 3.05) is 6.67 Å². The van der Waals surface area contributed by atoms with Crippen LogP contribution in [0, 0.1) is 0 Å². The van der Waals surface area contributed by atoms with Crippen LogP contribution in [-0.4, -0.2) is 16.6 Å². The second-order valence-corrected chi connectivity index (χ2v) is 5.42. The fraction of sp³-hybridized carbons (Fsp3) is 0.500. The van der Waals surface area contributed by atoms with E-state index in [1.165, 1.54) is 11.1 Å². The average Bonchev–Trinajstić information content (AvgIpc) is 2.91. The highest BCUT2D eigenvalue weighted by Gasteiger charge is 2.20. The predicted molar refractivity (Wildman–Crippen MR) is 71.5 cm³/mol. The first-order valence-corrected chi connectivity index (χ1v) is 6.49. The molecular formula is C14H18N4. The molecule has 0 fully saturated rings. The van der Waals surface area contributed by atoms with Crippen LogP contribution >= 0.6 is 0 Å². The molecule has 18 heavy (non-hydrogen) atoms. The number of rotatable bonds is 2. The number of aromatic nitrogens is 2. The summed E-state index contributed by atoms with van der Waals surface area (Å²) in [5, 5.41) is 2.14. The molecule has 0 atom stereocenters. The Hall–Kier alpha value is -1.71. The molecular weight excluding hydrogens is 224 g/mol. The molecule has 2 aromatic rings. The molecule has 1 N–H and O–H groups in total. The SMILES string of the molecule is CC(C)c1c2c(c(C(C)C)c3[nH]cnc13)=NCN=2. The summed E-state index contributed by atoms with van der Waals surface area (Å²) in [6.45, 7) is 9.32. The van der Waals surface area contributed by atoms with Gasteiger partial charge in [-0.05, 0) is 11.8 Å². The quantitative estimate of drug-likeness (QED) is 0.860. The van der Waals surface area contributed by atoms with Gasteiger partial charge in [0.15, 0.2) is 0 Å². The molecule has 0 amide bonds. The van der Waals surface area contributed by atoms with Gasteiger partial charge in [0.1, 0.15) is 6.67 Å². The summed E-state index contributed by atoms with van der Waals surface area (Å²) < 4.78 is 0. The highest BCUT2D eigenvalue weighted by molar-refractivity contribution is 5.82. The monoisotopic (exact) mass is 242 g/mol. The number of nitrogens with one attached hydrogen (secondary N) is 1. The molecule has 1 aliphatic rings. The van der Waals surface area contributed by atoms with Crippen LogP contribution in [0.2, 0.25) is 0 Å². The third-order valence-electron chi connectivity index (χ3n) is 3.51. The van der Waals surface area contributed by atoms with Gasteiger partial charge in [-0.15, -0.1) is 0 Å². The van der Waals surface area contributed by atoms with Crippen LogP contribution < -0.4 is 10.7 Å². The minimum atomic E-state index is 0.405.